The van der Waals surface area contributed by atoms with Crippen LogP contribution in [-0.2, 0) is 4.79 Å². The van der Waals surface area contributed by atoms with Gasteiger partial charge in [-0.3, -0.25) is 19.7 Å². The van der Waals surface area contributed by atoms with E-state index in [0.29, 0.717) is 25.9 Å². The molecule has 0 aliphatic carbocycles. The number of phenolic OH excluding ortho intramolecular Hbond substituents is 1. The van der Waals surface area contributed by atoms with Crippen LogP contribution in [0.1, 0.15) is 37.0 Å². The fourth-order valence-corrected chi connectivity index (χ4v) is 2.70. The average Bonchev–Trinajstić information content (AvgIpc) is 2.54. The minimum atomic E-state index is -0.710. The van der Waals surface area contributed by atoms with Crippen LogP contribution in [0.15, 0.2) is 18.2 Å². The van der Waals surface area contributed by atoms with Crippen molar-refractivity contribution < 1.29 is 19.6 Å². The molecule has 0 saturated carbocycles. The molecule has 0 spiro atoms. The molecule has 0 radical (unpaired) electrons. The zero-order valence-corrected chi connectivity index (χ0v) is 13.7. The lowest BCUT2D eigenvalue weighted by Crippen LogP contribution is -2.47. The number of amides is 2. The maximum Gasteiger partial charge on any atom is 0.310 e. The van der Waals surface area contributed by atoms with Gasteiger partial charge < -0.3 is 15.3 Å². The Labute approximate surface area is 139 Å². The summed E-state index contributed by atoms with van der Waals surface area (Å²) in [6, 6.07) is 3.44. The van der Waals surface area contributed by atoms with Crippen LogP contribution in [0, 0.1) is 16.0 Å². The summed E-state index contributed by atoms with van der Waals surface area (Å²) in [6.07, 6.45) is 1.31. The summed E-state index contributed by atoms with van der Waals surface area (Å²) in [5, 5.41) is 23.1. The van der Waals surface area contributed by atoms with Crippen molar-refractivity contribution in [3.05, 3.63) is 33.9 Å². The quantitative estimate of drug-likeness (QED) is 0.642. The average molecular weight is 335 g/mol. The number of piperidine rings is 1. The van der Waals surface area contributed by atoms with Crippen LogP contribution in [0.4, 0.5) is 5.69 Å². The summed E-state index contributed by atoms with van der Waals surface area (Å²) in [5.41, 5.74) is -0.272. The van der Waals surface area contributed by atoms with Crippen molar-refractivity contribution in [3.63, 3.8) is 0 Å². The zero-order chi connectivity index (χ0) is 17.9. The van der Waals surface area contributed by atoms with Crippen LogP contribution in [0.2, 0.25) is 0 Å². The largest absolute Gasteiger partial charge is 0.502 e. The van der Waals surface area contributed by atoms with E-state index in [1.165, 1.54) is 6.07 Å². The second-order valence-electron chi connectivity index (χ2n) is 6.19. The number of nitrogens with one attached hydrogen (secondary N) is 1. The smallest absolute Gasteiger partial charge is 0.310 e. The molecule has 2 rings (SSSR count). The van der Waals surface area contributed by atoms with Crippen LogP contribution in [-0.4, -0.2) is 45.9 Å². The minimum Gasteiger partial charge on any atom is -0.502 e. The third-order valence-electron chi connectivity index (χ3n) is 4.07. The first-order valence-electron chi connectivity index (χ1n) is 7.86. The van der Waals surface area contributed by atoms with Crippen LogP contribution in [0.3, 0.4) is 0 Å². The lowest BCUT2D eigenvalue weighted by molar-refractivity contribution is -0.385. The van der Waals surface area contributed by atoms with Crippen molar-refractivity contribution in [3.8, 4) is 5.75 Å². The predicted octanol–water partition coefficient (Wildman–Crippen LogP) is 1.68. The van der Waals surface area contributed by atoms with E-state index in [9.17, 15) is 24.8 Å². The lowest BCUT2D eigenvalue weighted by Gasteiger charge is -2.33. The van der Waals surface area contributed by atoms with Gasteiger partial charge in [-0.15, -0.1) is 0 Å². The monoisotopic (exact) mass is 335 g/mol. The Bertz CT molecular complexity index is 651. The number of rotatable bonds is 4. The van der Waals surface area contributed by atoms with Gasteiger partial charge in [0.1, 0.15) is 0 Å². The summed E-state index contributed by atoms with van der Waals surface area (Å²) >= 11 is 0. The Morgan fingerprint density at radius 1 is 1.33 bits per heavy atom. The Kier molecular flexibility index (Phi) is 5.38. The number of hydrogen-bond donors (Lipinski definition) is 2. The number of likely N-dealkylation sites (tertiary alicyclic amines) is 1. The van der Waals surface area contributed by atoms with Gasteiger partial charge in [0, 0.05) is 36.7 Å². The SMILES string of the molecule is CC(C)C(=O)N1CCC(NC(=O)c2ccc([N+](=O)[O-])c(O)c2)CC1. The second kappa shape index (κ2) is 7.29. The van der Waals surface area contributed by atoms with E-state index in [-0.39, 0.29) is 23.4 Å². The highest BCUT2D eigenvalue weighted by Crippen LogP contribution is 2.26. The van der Waals surface area contributed by atoms with Gasteiger partial charge in [-0.1, -0.05) is 13.8 Å². The summed E-state index contributed by atoms with van der Waals surface area (Å²) in [6.45, 7) is 4.90. The van der Waals surface area contributed by atoms with Gasteiger partial charge >= 0.3 is 5.69 Å². The molecule has 24 heavy (non-hydrogen) atoms. The zero-order valence-electron chi connectivity index (χ0n) is 13.7. The van der Waals surface area contributed by atoms with Crippen molar-refractivity contribution in [1.29, 1.82) is 0 Å². The molecule has 1 aromatic carbocycles. The topological polar surface area (TPSA) is 113 Å². The molecular formula is C16H21N3O5. The maximum atomic E-state index is 12.2. The van der Waals surface area contributed by atoms with E-state index in [2.05, 4.69) is 5.32 Å². The number of benzene rings is 1. The summed E-state index contributed by atoms with van der Waals surface area (Å²) < 4.78 is 0. The molecular weight excluding hydrogens is 314 g/mol. The van der Waals surface area contributed by atoms with Crippen molar-refractivity contribution >= 4 is 17.5 Å². The van der Waals surface area contributed by atoms with Gasteiger partial charge in [0.25, 0.3) is 5.91 Å². The molecule has 0 bridgehead atoms. The van der Waals surface area contributed by atoms with Crippen LogP contribution >= 0.6 is 0 Å². The Morgan fingerprint density at radius 2 is 1.96 bits per heavy atom. The first-order valence-corrected chi connectivity index (χ1v) is 7.86. The summed E-state index contributed by atoms with van der Waals surface area (Å²) in [4.78, 5) is 35.9. The van der Waals surface area contributed by atoms with Crippen molar-refractivity contribution in [2.75, 3.05) is 13.1 Å². The van der Waals surface area contributed by atoms with Crippen LogP contribution < -0.4 is 5.32 Å². The molecule has 8 nitrogen and oxygen atoms in total. The molecule has 0 unspecified atom stereocenters. The molecule has 2 amide bonds. The molecule has 1 fully saturated rings. The van der Waals surface area contributed by atoms with E-state index < -0.39 is 22.3 Å². The highest BCUT2D eigenvalue weighted by Gasteiger charge is 2.25. The van der Waals surface area contributed by atoms with E-state index in [1.54, 1.807) is 4.90 Å². The van der Waals surface area contributed by atoms with Gasteiger partial charge in [0.15, 0.2) is 5.75 Å². The number of phenols is 1. The number of nitro groups is 1. The standard InChI is InChI=1S/C16H21N3O5/c1-10(2)16(22)18-7-5-12(6-8-18)17-15(21)11-3-4-13(19(23)24)14(20)9-11/h3-4,9-10,12,20H,5-8H2,1-2H3,(H,17,21). The number of nitrogens with zero attached hydrogens (tertiary/aromatic N) is 2. The van der Waals surface area contributed by atoms with E-state index in [4.69, 9.17) is 0 Å². The fourth-order valence-electron chi connectivity index (χ4n) is 2.70. The number of nitro benzene ring substituents is 1. The van der Waals surface area contributed by atoms with Crippen LogP contribution in [0.5, 0.6) is 5.75 Å². The van der Waals surface area contributed by atoms with Gasteiger partial charge in [0.05, 0.1) is 4.92 Å². The normalized spacial score (nSPS) is 15.4. The molecule has 1 aliphatic heterocycles. The Morgan fingerprint density at radius 3 is 2.46 bits per heavy atom. The predicted molar refractivity (Wildman–Crippen MR) is 86.7 cm³/mol. The van der Waals surface area contributed by atoms with E-state index in [0.717, 1.165) is 12.1 Å². The first kappa shape index (κ1) is 17.7. The number of hydrogen-bond acceptors (Lipinski definition) is 5. The van der Waals surface area contributed by atoms with Crippen LogP contribution in [0.25, 0.3) is 0 Å². The molecule has 2 N–H and O–H groups in total. The molecule has 0 atom stereocenters. The Hall–Kier alpha value is -2.64. The number of aromatic hydroxyl groups is 1. The summed E-state index contributed by atoms with van der Waals surface area (Å²) in [7, 11) is 0. The maximum absolute atomic E-state index is 12.2. The third kappa shape index (κ3) is 4.01. The van der Waals surface area contributed by atoms with Crippen molar-refractivity contribution in [2.45, 2.75) is 32.7 Å². The van der Waals surface area contributed by atoms with Gasteiger partial charge in [-0.25, -0.2) is 0 Å². The molecule has 8 heteroatoms. The fraction of sp³-hybridized carbons (Fsp3) is 0.500. The second-order valence-corrected chi connectivity index (χ2v) is 6.19. The lowest BCUT2D eigenvalue weighted by atomic mass is 10.0. The molecule has 0 aromatic heterocycles. The van der Waals surface area contributed by atoms with E-state index in [1.807, 2.05) is 13.8 Å². The van der Waals surface area contributed by atoms with Gasteiger partial charge in [-0.2, -0.15) is 0 Å². The molecule has 1 heterocycles. The summed E-state index contributed by atoms with van der Waals surface area (Å²) in [5.74, 6) is -0.863. The first-order chi connectivity index (χ1) is 11.3. The Balaban J connectivity index is 1.93. The van der Waals surface area contributed by atoms with E-state index >= 15 is 0 Å². The minimum absolute atomic E-state index is 0.0424. The molecule has 1 saturated heterocycles. The highest BCUT2D eigenvalue weighted by molar-refractivity contribution is 5.95. The van der Waals surface area contributed by atoms with Gasteiger partial charge in [0.2, 0.25) is 5.91 Å². The number of carbonyl (C=O) groups is 2. The molecule has 1 aliphatic rings. The molecule has 130 valence electrons. The van der Waals surface area contributed by atoms with Crippen molar-refractivity contribution in [1.82, 2.24) is 10.2 Å². The third-order valence-corrected chi connectivity index (χ3v) is 4.07. The number of carbonyl (C=O) groups excluding carboxylic acids is 2. The van der Waals surface area contributed by atoms with Crippen molar-refractivity contribution in [2.24, 2.45) is 5.92 Å². The van der Waals surface area contributed by atoms with Gasteiger partial charge in [-0.05, 0) is 25.0 Å². The highest BCUT2D eigenvalue weighted by atomic mass is 16.6. The molecule has 1 aromatic rings.